The lowest BCUT2D eigenvalue weighted by Gasteiger charge is -2.14. The standard InChI is InChI=1S/C16H25NO2/c1-2-18-15-10-8-13(9-11-15)16(17)7-3-5-14-6-4-12-19-14/h8-11,14,16H,2-7,12,17H2,1H3. The first-order valence-corrected chi connectivity index (χ1v) is 7.39. The average molecular weight is 263 g/mol. The van der Waals surface area contributed by atoms with Crippen molar-refractivity contribution in [2.75, 3.05) is 13.2 Å². The monoisotopic (exact) mass is 263 g/mol. The number of benzene rings is 1. The molecular weight excluding hydrogens is 238 g/mol. The van der Waals surface area contributed by atoms with Crippen molar-refractivity contribution in [2.24, 2.45) is 5.73 Å². The van der Waals surface area contributed by atoms with E-state index in [1.807, 2.05) is 19.1 Å². The van der Waals surface area contributed by atoms with Crippen molar-refractivity contribution in [3.8, 4) is 5.75 Å². The molecule has 0 amide bonds. The van der Waals surface area contributed by atoms with Crippen molar-refractivity contribution < 1.29 is 9.47 Å². The summed E-state index contributed by atoms with van der Waals surface area (Å²) in [6, 6.07) is 8.26. The molecule has 0 aliphatic carbocycles. The molecule has 19 heavy (non-hydrogen) atoms. The van der Waals surface area contributed by atoms with E-state index >= 15 is 0 Å². The highest BCUT2D eigenvalue weighted by Gasteiger charge is 2.15. The molecule has 1 aliphatic heterocycles. The number of hydrogen-bond acceptors (Lipinski definition) is 3. The minimum atomic E-state index is 0.122. The molecule has 0 aromatic heterocycles. The summed E-state index contributed by atoms with van der Waals surface area (Å²) in [5.74, 6) is 0.915. The smallest absolute Gasteiger partial charge is 0.119 e. The van der Waals surface area contributed by atoms with Crippen LogP contribution in [0.2, 0.25) is 0 Å². The zero-order valence-corrected chi connectivity index (χ0v) is 11.8. The van der Waals surface area contributed by atoms with Gasteiger partial charge in [-0.15, -0.1) is 0 Å². The molecule has 0 spiro atoms. The Balaban J connectivity index is 1.73. The molecule has 1 aromatic rings. The van der Waals surface area contributed by atoms with Crippen LogP contribution < -0.4 is 10.5 Å². The lowest BCUT2D eigenvalue weighted by molar-refractivity contribution is 0.101. The first-order valence-electron chi connectivity index (χ1n) is 7.39. The maximum atomic E-state index is 6.22. The molecule has 1 aliphatic rings. The van der Waals surface area contributed by atoms with Gasteiger partial charge in [0.25, 0.3) is 0 Å². The SMILES string of the molecule is CCOc1ccc(C(N)CCCC2CCCO2)cc1. The van der Waals surface area contributed by atoms with Gasteiger partial charge in [0, 0.05) is 12.6 Å². The van der Waals surface area contributed by atoms with Crippen LogP contribution >= 0.6 is 0 Å². The second-order valence-corrected chi connectivity index (χ2v) is 5.17. The summed E-state index contributed by atoms with van der Waals surface area (Å²) in [6.07, 6.45) is 6.22. The average Bonchev–Trinajstić information content (AvgIpc) is 2.93. The fourth-order valence-corrected chi connectivity index (χ4v) is 2.58. The van der Waals surface area contributed by atoms with Crippen LogP contribution in [0.4, 0.5) is 0 Å². The first-order chi connectivity index (χ1) is 9.29. The summed E-state index contributed by atoms with van der Waals surface area (Å²) in [7, 11) is 0. The van der Waals surface area contributed by atoms with E-state index in [1.54, 1.807) is 0 Å². The van der Waals surface area contributed by atoms with E-state index in [2.05, 4.69) is 12.1 Å². The van der Waals surface area contributed by atoms with Gasteiger partial charge in [-0.3, -0.25) is 0 Å². The molecule has 1 heterocycles. The fourth-order valence-electron chi connectivity index (χ4n) is 2.58. The molecule has 3 heteroatoms. The summed E-state index contributed by atoms with van der Waals surface area (Å²) >= 11 is 0. The quantitative estimate of drug-likeness (QED) is 0.819. The third kappa shape index (κ3) is 4.51. The van der Waals surface area contributed by atoms with E-state index in [4.69, 9.17) is 15.2 Å². The van der Waals surface area contributed by atoms with Crippen LogP contribution in [0, 0.1) is 0 Å². The van der Waals surface area contributed by atoms with Gasteiger partial charge in [-0.2, -0.15) is 0 Å². The van der Waals surface area contributed by atoms with Gasteiger partial charge in [-0.05, 0) is 56.7 Å². The highest BCUT2D eigenvalue weighted by molar-refractivity contribution is 5.28. The molecule has 0 saturated carbocycles. The van der Waals surface area contributed by atoms with Crippen LogP contribution in [0.3, 0.4) is 0 Å². The Morgan fingerprint density at radius 1 is 1.37 bits per heavy atom. The molecule has 3 nitrogen and oxygen atoms in total. The van der Waals surface area contributed by atoms with Crippen LogP contribution in [-0.2, 0) is 4.74 Å². The summed E-state index contributed by atoms with van der Waals surface area (Å²) in [5.41, 5.74) is 7.41. The highest BCUT2D eigenvalue weighted by atomic mass is 16.5. The minimum absolute atomic E-state index is 0.122. The second kappa shape index (κ2) is 7.51. The van der Waals surface area contributed by atoms with Crippen molar-refractivity contribution in [2.45, 2.75) is 51.2 Å². The highest BCUT2D eigenvalue weighted by Crippen LogP contribution is 2.23. The Kier molecular flexibility index (Phi) is 5.67. The van der Waals surface area contributed by atoms with Gasteiger partial charge >= 0.3 is 0 Å². The van der Waals surface area contributed by atoms with E-state index in [0.29, 0.717) is 12.7 Å². The summed E-state index contributed by atoms with van der Waals surface area (Å²) < 4.78 is 11.1. The summed E-state index contributed by atoms with van der Waals surface area (Å²) in [5, 5.41) is 0. The van der Waals surface area contributed by atoms with E-state index in [0.717, 1.165) is 31.6 Å². The molecule has 1 saturated heterocycles. The molecule has 2 atom stereocenters. The van der Waals surface area contributed by atoms with Gasteiger partial charge in [0.15, 0.2) is 0 Å². The van der Waals surface area contributed by atoms with Gasteiger partial charge in [0.1, 0.15) is 5.75 Å². The van der Waals surface area contributed by atoms with Gasteiger partial charge in [-0.1, -0.05) is 12.1 Å². The lowest BCUT2D eigenvalue weighted by atomic mass is 10.00. The molecule has 1 aromatic carbocycles. The maximum absolute atomic E-state index is 6.22. The molecule has 2 unspecified atom stereocenters. The zero-order chi connectivity index (χ0) is 13.5. The van der Waals surface area contributed by atoms with Gasteiger partial charge < -0.3 is 15.2 Å². The second-order valence-electron chi connectivity index (χ2n) is 5.17. The van der Waals surface area contributed by atoms with Crippen molar-refractivity contribution in [3.63, 3.8) is 0 Å². The predicted molar refractivity (Wildman–Crippen MR) is 77.4 cm³/mol. The number of hydrogen-bond donors (Lipinski definition) is 1. The van der Waals surface area contributed by atoms with E-state index in [1.165, 1.54) is 18.4 Å². The van der Waals surface area contributed by atoms with Crippen LogP contribution in [0.5, 0.6) is 5.75 Å². The molecule has 0 radical (unpaired) electrons. The number of rotatable bonds is 7. The van der Waals surface area contributed by atoms with Crippen molar-refractivity contribution in [3.05, 3.63) is 29.8 Å². The number of ether oxygens (including phenoxy) is 2. The van der Waals surface area contributed by atoms with Crippen LogP contribution in [0.1, 0.15) is 50.6 Å². The minimum Gasteiger partial charge on any atom is -0.494 e. The molecule has 2 rings (SSSR count). The first kappa shape index (κ1) is 14.4. The third-order valence-electron chi connectivity index (χ3n) is 3.68. The lowest BCUT2D eigenvalue weighted by Crippen LogP contribution is -2.12. The van der Waals surface area contributed by atoms with Gasteiger partial charge in [-0.25, -0.2) is 0 Å². The Morgan fingerprint density at radius 3 is 2.79 bits per heavy atom. The zero-order valence-electron chi connectivity index (χ0n) is 11.8. The van der Waals surface area contributed by atoms with Gasteiger partial charge in [0.05, 0.1) is 12.7 Å². The van der Waals surface area contributed by atoms with Crippen LogP contribution in [0.15, 0.2) is 24.3 Å². The van der Waals surface area contributed by atoms with Crippen molar-refractivity contribution >= 4 is 0 Å². The third-order valence-corrected chi connectivity index (χ3v) is 3.68. The number of nitrogens with two attached hydrogens (primary N) is 1. The van der Waals surface area contributed by atoms with Gasteiger partial charge in [0.2, 0.25) is 0 Å². The van der Waals surface area contributed by atoms with Crippen LogP contribution in [0.25, 0.3) is 0 Å². The van der Waals surface area contributed by atoms with E-state index < -0.39 is 0 Å². The van der Waals surface area contributed by atoms with Crippen LogP contribution in [-0.4, -0.2) is 19.3 Å². The van der Waals surface area contributed by atoms with Crippen molar-refractivity contribution in [1.29, 1.82) is 0 Å². The molecular formula is C16H25NO2. The maximum Gasteiger partial charge on any atom is 0.119 e. The Morgan fingerprint density at radius 2 is 2.16 bits per heavy atom. The predicted octanol–water partition coefficient (Wildman–Crippen LogP) is 3.43. The summed E-state index contributed by atoms with van der Waals surface area (Å²) in [4.78, 5) is 0. The fraction of sp³-hybridized carbons (Fsp3) is 0.625. The van der Waals surface area contributed by atoms with Crippen molar-refractivity contribution in [1.82, 2.24) is 0 Å². The Labute approximate surface area is 116 Å². The Hall–Kier alpha value is -1.06. The molecule has 0 bridgehead atoms. The largest absolute Gasteiger partial charge is 0.494 e. The molecule has 106 valence electrons. The van der Waals surface area contributed by atoms with E-state index in [9.17, 15) is 0 Å². The van der Waals surface area contributed by atoms with E-state index in [-0.39, 0.29) is 6.04 Å². The normalized spacial score (nSPS) is 20.4. The molecule has 1 fully saturated rings. The summed E-state index contributed by atoms with van der Waals surface area (Å²) in [6.45, 7) is 3.63. The Bertz CT molecular complexity index is 358. The molecule has 2 N–H and O–H groups in total. The topological polar surface area (TPSA) is 44.5 Å².